The van der Waals surface area contributed by atoms with Crippen molar-refractivity contribution in [3.63, 3.8) is 0 Å². The molecule has 1 amide bonds. The minimum absolute atomic E-state index is 0.00680. The van der Waals surface area contributed by atoms with Gasteiger partial charge in [0.25, 0.3) is 0 Å². The Bertz CT molecular complexity index is 398. The van der Waals surface area contributed by atoms with Crippen LogP contribution in [0.25, 0.3) is 0 Å². The lowest BCUT2D eigenvalue weighted by Crippen LogP contribution is -2.36. The highest BCUT2D eigenvalue weighted by atomic mass is 16.5. The largest absolute Gasteiger partial charge is 0.383 e. The van der Waals surface area contributed by atoms with Crippen molar-refractivity contribution < 1.29 is 9.53 Å². The summed E-state index contributed by atoms with van der Waals surface area (Å²) >= 11 is 0. The van der Waals surface area contributed by atoms with Crippen molar-refractivity contribution in [3.05, 3.63) is 29.6 Å². The zero-order chi connectivity index (χ0) is 14.1. The molecule has 6 nitrogen and oxygen atoms in total. The number of carbonyl (C=O) groups excluding carboxylic acids is 1. The standard InChI is InChI=1S/C13H22N4O2/c1-17(10-13(18)16-5-6-19-2)9-11-3-4-15-12(7-11)8-14/h3-4,7H,5-6,8-10,14H2,1-2H3,(H,16,18). The molecular weight excluding hydrogens is 244 g/mol. The van der Waals surface area contributed by atoms with E-state index >= 15 is 0 Å². The zero-order valence-corrected chi connectivity index (χ0v) is 11.6. The summed E-state index contributed by atoms with van der Waals surface area (Å²) in [5.74, 6) is -0.00680. The summed E-state index contributed by atoms with van der Waals surface area (Å²) in [5.41, 5.74) is 7.50. The number of pyridine rings is 1. The molecule has 0 aromatic carbocycles. The fourth-order valence-electron chi connectivity index (χ4n) is 1.70. The van der Waals surface area contributed by atoms with Gasteiger partial charge in [0.2, 0.25) is 5.91 Å². The molecule has 3 N–H and O–H groups in total. The monoisotopic (exact) mass is 266 g/mol. The summed E-state index contributed by atoms with van der Waals surface area (Å²) < 4.78 is 4.87. The Morgan fingerprint density at radius 2 is 2.37 bits per heavy atom. The quantitative estimate of drug-likeness (QED) is 0.633. The first-order valence-corrected chi connectivity index (χ1v) is 6.23. The van der Waals surface area contributed by atoms with Crippen LogP contribution in [-0.4, -0.2) is 49.6 Å². The molecule has 0 saturated carbocycles. The molecule has 0 radical (unpaired) electrons. The van der Waals surface area contributed by atoms with Crippen LogP contribution < -0.4 is 11.1 Å². The number of ether oxygens (including phenoxy) is 1. The predicted molar refractivity (Wildman–Crippen MR) is 73.3 cm³/mol. The summed E-state index contributed by atoms with van der Waals surface area (Å²) in [5, 5.41) is 2.78. The molecule has 1 rings (SSSR count). The summed E-state index contributed by atoms with van der Waals surface area (Å²) in [6.45, 7) is 2.53. The highest BCUT2D eigenvalue weighted by Gasteiger charge is 2.07. The third-order valence-corrected chi connectivity index (χ3v) is 2.58. The first-order chi connectivity index (χ1) is 9.15. The zero-order valence-electron chi connectivity index (χ0n) is 11.6. The van der Waals surface area contributed by atoms with E-state index in [4.69, 9.17) is 10.5 Å². The smallest absolute Gasteiger partial charge is 0.234 e. The van der Waals surface area contributed by atoms with Crippen molar-refractivity contribution in [3.8, 4) is 0 Å². The van der Waals surface area contributed by atoms with E-state index in [1.807, 2.05) is 24.1 Å². The topological polar surface area (TPSA) is 80.5 Å². The van der Waals surface area contributed by atoms with Crippen LogP contribution >= 0.6 is 0 Å². The minimum Gasteiger partial charge on any atom is -0.383 e. The highest BCUT2D eigenvalue weighted by Crippen LogP contribution is 2.04. The molecule has 19 heavy (non-hydrogen) atoms. The Morgan fingerprint density at radius 1 is 1.58 bits per heavy atom. The summed E-state index contributed by atoms with van der Waals surface area (Å²) in [6, 6.07) is 3.89. The third-order valence-electron chi connectivity index (χ3n) is 2.58. The van der Waals surface area contributed by atoms with Crippen molar-refractivity contribution in [2.24, 2.45) is 5.73 Å². The molecule has 1 aromatic rings. The summed E-state index contributed by atoms with van der Waals surface area (Å²) in [4.78, 5) is 17.7. The molecule has 0 fully saturated rings. The van der Waals surface area contributed by atoms with Crippen LogP contribution in [0.4, 0.5) is 0 Å². The van der Waals surface area contributed by atoms with Gasteiger partial charge in [-0.25, -0.2) is 0 Å². The van der Waals surface area contributed by atoms with Gasteiger partial charge in [0, 0.05) is 32.9 Å². The number of aromatic nitrogens is 1. The van der Waals surface area contributed by atoms with Crippen LogP contribution in [0.3, 0.4) is 0 Å². The first kappa shape index (κ1) is 15.6. The number of carbonyl (C=O) groups is 1. The van der Waals surface area contributed by atoms with E-state index in [9.17, 15) is 4.79 Å². The Morgan fingerprint density at radius 3 is 3.05 bits per heavy atom. The maximum absolute atomic E-state index is 11.6. The fraction of sp³-hybridized carbons (Fsp3) is 0.538. The van der Waals surface area contributed by atoms with Crippen molar-refractivity contribution in [2.75, 3.05) is 33.9 Å². The molecule has 0 atom stereocenters. The Hall–Kier alpha value is -1.50. The number of likely N-dealkylation sites (N-methyl/N-ethyl adjacent to an activating group) is 1. The molecular formula is C13H22N4O2. The number of amides is 1. The number of nitrogens with one attached hydrogen (secondary N) is 1. The van der Waals surface area contributed by atoms with E-state index < -0.39 is 0 Å². The van der Waals surface area contributed by atoms with Gasteiger partial charge in [-0.05, 0) is 24.7 Å². The van der Waals surface area contributed by atoms with Gasteiger partial charge in [-0.15, -0.1) is 0 Å². The normalized spacial score (nSPS) is 10.7. The van der Waals surface area contributed by atoms with Crippen LogP contribution in [0.15, 0.2) is 18.3 Å². The molecule has 1 heterocycles. The number of nitrogens with zero attached hydrogens (tertiary/aromatic N) is 2. The molecule has 0 unspecified atom stereocenters. The van der Waals surface area contributed by atoms with Gasteiger partial charge in [0.15, 0.2) is 0 Å². The van der Waals surface area contributed by atoms with Crippen molar-refractivity contribution in [2.45, 2.75) is 13.1 Å². The van der Waals surface area contributed by atoms with Gasteiger partial charge in [0.1, 0.15) is 0 Å². The maximum atomic E-state index is 11.6. The van der Waals surface area contributed by atoms with Gasteiger partial charge >= 0.3 is 0 Å². The average Bonchev–Trinajstić information content (AvgIpc) is 2.39. The molecule has 0 bridgehead atoms. The van der Waals surface area contributed by atoms with E-state index in [0.29, 0.717) is 32.8 Å². The number of methoxy groups -OCH3 is 1. The van der Waals surface area contributed by atoms with Gasteiger partial charge < -0.3 is 15.8 Å². The van der Waals surface area contributed by atoms with Crippen molar-refractivity contribution in [1.82, 2.24) is 15.2 Å². The summed E-state index contributed by atoms with van der Waals surface area (Å²) in [7, 11) is 3.51. The predicted octanol–water partition coefficient (Wildman–Crippen LogP) is -0.265. The molecule has 0 saturated heterocycles. The second-order valence-corrected chi connectivity index (χ2v) is 4.37. The van der Waals surface area contributed by atoms with E-state index in [0.717, 1.165) is 11.3 Å². The molecule has 0 aliphatic carbocycles. The third kappa shape index (κ3) is 6.28. The highest BCUT2D eigenvalue weighted by molar-refractivity contribution is 5.77. The molecule has 106 valence electrons. The van der Waals surface area contributed by atoms with Crippen molar-refractivity contribution in [1.29, 1.82) is 0 Å². The maximum Gasteiger partial charge on any atom is 0.234 e. The second kappa shape index (κ2) is 8.58. The average molecular weight is 266 g/mol. The number of rotatable bonds is 8. The summed E-state index contributed by atoms with van der Waals surface area (Å²) in [6.07, 6.45) is 1.74. The SMILES string of the molecule is COCCNC(=O)CN(C)Cc1ccnc(CN)c1. The lowest BCUT2D eigenvalue weighted by molar-refractivity contribution is -0.122. The van der Waals surface area contributed by atoms with E-state index in [-0.39, 0.29) is 5.91 Å². The Labute approximate surface area is 113 Å². The van der Waals surface area contributed by atoms with E-state index in [2.05, 4.69) is 10.3 Å². The molecule has 0 spiro atoms. The van der Waals surface area contributed by atoms with Crippen LogP contribution in [-0.2, 0) is 22.6 Å². The Kier molecular flexibility index (Phi) is 7.02. The lowest BCUT2D eigenvalue weighted by atomic mass is 10.2. The molecule has 0 aliphatic rings. The van der Waals surface area contributed by atoms with Crippen LogP contribution in [0.1, 0.15) is 11.3 Å². The van der Waals surface area contributed by atoms with Gasteiger partial charge in [0.05, 0.1) is 18.8 Å². The number of hydrogen-bond acceptors (Lipinski definition) is 5. The number of hydrogen-bond donors (Lipinski definition) is 2. The second-order valence-electron chi connectivity index (χ2n) is 4.37. The lowest BCUT2D eigenvalue weighted by Gasteiger charge is -2.16. The van der Waals surface area contributed by atoms with Gasteiger partial charge in [-0.1, -0.05) is 0 Å². The van der Waals surface area contributed by atoms with Crippen molar-refractivity contribution >= 4 is 5.91 Å². The van der Waals surface area contributed by atoms with E-state index in [1.54, 1.807) is 13.3 Å². The van der Waals surface area contributed by atoms with Crippen LogP contribution in [0.5, 0.6) is 0 Å². The minimum atomic E-state index is -0.00680. The van der Waals surface area contributed by atoms with E-state index in [1.165, 1.54) is 0 Å². The van der Waals surface area contributed by atoms with Gasteiger partial charge in [-0.2, -0.15) is 0 Å². The number of nitrogens with two attached hydrogens (primary N) is 1. The molecule has 6 heteroatoms. The van der Waals surface area contributed by atoms with Crippen LogP contribution in [0, 0.1) is 0 Å². The first-order valence-electron chi connectivity index (χ1n) is 6.23. The molecule has 1 aromatic heterocycles. The van der Waals surface area contributed by atoms with Crippen LogP contribution in [0.2, 0.25) is 0 Å². The molecule has 0 aliphatic heterocycles. The fourth-order valence-corrected chi connectivity index (χ4v) is 1.70. The van der Waals surface area contributed by atoms with Gasteiger partial charge in [-0.3, -0.25) is 14.7 Å². The Balaban J connectivity index is 2.37.